The zero-order valence-corrected chi connectivity index (χ0v) is 13.3. The van der Waals surface area contributed by atoms with Gasteiger partial charge in [0.15, 0.2) is 11.6 Å². The van der Waals surface area contributed by atoms with Gasteiger partial charge < -0.3 is 14.9 Å². The van der Waals surface area contributed by atoms with Crippen molar-refractivity contribution in [3.05, 3.63) is 12.4 Å². The second-order valence-corrected chi connectivity index (χ2v) is 7.23. The molecule has 2 saturated heterocycles. The molecule has 0 aliphatic carbocycles. The Hall–Kier alpha value is -1.36. The lowest BCUT2D eigenvalue weighted by atomic mass is 9.71. The average Bonchev–Trinajstić information content (AvgIpc) is 2.96. The zero-order valence-electron chi connectivity index (χ0n) is 13.3. The van der Waals surface area contributed by atoms with E-state index < -0.39 is 5.60 Å². The Morgan fingerprint density at radius 1 is 0.952 bits per heavy atom. The molecule has 0 amide bonds. The molecule has 3 heterocycles. The molecule has 2 aliphatic rings. The van der Waals surface area contributed by atoms with Crippen LogP contribution in [0.2, 0.25) is 0 Å². The van der Waals surface area contributed by atoms with Crippen molar-refractivity contribution in [2.75, 3.05) is 36.0 Å². The van der Waals surface area contributed by atoms with Gasteiger partial charge in [-0.3, -0.25) is 0 Å². The van der Waals surface area contributed by atoms with Crippen molar-refractivity contribution < 1.29 is 5.11 Å². The second kappa shape index (κ2) is 5.13. The first-order valence-corrected chi connectivity index (χ1v) is 7.94. The van der Waals surface area contributed by atoms with Gasteiger partial charge in [-0.25, -0.2) is 9.97 Å². The Balaban J connectivity index is 1.88. The molecule has 1 atom stereocenters. The van der Waals surface area contributed by atoms with Crippen LogP contribution in [0.3, 0.4) is 0 Å². The lowest BCUT2D eigenvalue weighted by Gasteiger charge is -2.49. The summed E-state index contributed by atoms with van der Waals surface area (Å²) in [5.74, 6) is 1.98. The first kappa shape index (κ1) is 14.6. The number of aromatic nitrogens is 2. The number of hydrogen-bond donors (Lipinski definition) is 1. The van der Waals surface area contributed by atoms with Gasteiger partial charge in [0.2, 0.25) is 0 Å². The summed E-state index contributed by atoms with van der Waals surface area (Å²) in [6.07, 6.45) is 6.78. The summed E-state index contributed by atoms with van der Waals surface area (Å²) in [4.78, 5) is 13.8. The molecule has 116 valence electrons. The minimum absolute atomic E-state index is 0.162. The molecule has 0 spiro atoms. The summed E-state index contributed by atoms with van der Waals surface area (Å²) in [6.45, 7) is 9.98. The summed E-state index contributed by atoms with van der Waals surface area (Å²) in [5, 5.41) is 10.6. The van der Waals surface area contributed by atoms with Crippen molar-refractivity contribution in [1.29, 1.82) is 0 Å². The van der Waals surface area contributed by atoms with E-state index in [1.54, 1.807) is 12.4 Å². The maximum atomic E-state index is 10.6. The van der Waals surface area contributed by atoms with Crippen LogP contribution in [0, 0.1) is 5.41 Å². The fourth-order valence-corrected chi connectivity index (χ4v) is 3.30. The number of aliphatic hydroxyl groups is 1. The van der Waals surface area contributed by atoms with E-state index in [4.69, 9.17) is 0 Å². The third kappa shape index (κ3) is 2.59. The summed E-state index contributed by atoms with van der Waals surface area (Å²) >= 11 is 0. The van der Waals surface area contributed by atoms with Gasteiger partial charge in [-0.15, -0.1) is 0 Å². The molecule has 0 bridgehead atoms. The number of nitrogens with zero attached hydrogens (tertiary/aromatic N) is 4. The first-order valence-electron chi connectivity index (χ1n) is 7.94. The Bertz CT molecular complexity index is 509. The second-order valence-electron chi connectivity index (χ2n) is 7.23. The molecule has 21 heavy (non-hydrogen) atoms. The molecule has 0 aromatic carbocycles. The molecule has 0 unspecified atom stereocenters. The van der Waals surface area contributed by atoms with Gasteiger partial charge in [-0.1, -0.05) is 13.8 Å². The number of anilines is 2. The van der Waals surface area contributed by atoms with Crippen LogP contribution < -0.4 is 9.80 Å². The van der Waals surface area contributed by atoms with Gasteiger partial charge in [0.05, 0.1) is 5.60 Å². The molecular formula is C16H26N4O. The van der Waals surface area contributed by atoms with E-state index in [-0.39, 0.29) is 5.41 Å². The monoisotopic (exact) mass is 290 g/mol. The van der Waals surface area contributed by atoms with Gasteiger partial charge in [0, 0.05) is 44.0 Å². The predicted molar refractivity (Wildman–Crippen MR) is 84.7 cm³/mol. The normalized spacial score (nSPS) is 29.0. The van der Waals surface area contributed by atoms with Gasteiger partial charge in [-0.05, 0) is 26.2 Å². The number of piperidine rings is 1. The van der Waals surface area contributed by atoms with E-state index in [9.17, 15) is 5.11 Å². The van der Waals surface area contributed by atoms with Crippen molar-refractivity contribution in [1.82, 2.24) is 9.97 Å². The van der Waals surface area contributed by atoms with Crippen LogP contribution in [-0.4, -0.2) is 46.9 Å². The van der Waals surface area contributed by atoms with Crippen molar-refractivity contribution in [3.63, 3.8) is 0 Å². The van der Waals surface area contributed by atoms with Gasteiger partial charge in [0.1, 0.15) is 0 Å². The largest absolute Gasteiger partial charge is 0.389 e. The summed E-state index contributed by atoms with van der Waals surface area (Å²) < 4.78 is 0. The summed E-state index contributed by atoms with van der Waals surface area (Å²) in [7, 11) is 0. The summed E-state index contributed by atoms with van der Waals surface area (Å²) in [5.41, 5.74) is -0.787. The maximum Gasteiger partial charge on any atom is 0.172 e. The maximum absolute atomic E-state index is 10.6. The molecular weight excluding hydrogens is 264 g/mol. The van der Waals surface area contributed by atoms with Gasteiger partial charge >= 0.3 is 0 Å². The molecule has 0 radical (unpaired) electrons. The molecule has 1 aromatic rings. The number of hydrogen-bond acceptors (Lipinski definition) is 5. The molecule has 2 aliphatic heterocycles. The Morgan fingerprint density at radius 3 is 2.10 bits per heavy atom. The third-order valence-electron chi connectivity index (χ3n) is 5.28. The van der Waals surface area contributed by atoms with Crippen molar-refractivity contribution in [3.8, 4) is 0 Å². The Morgan fingerprint density at radius 2 is 1.52 bits per heavy atom. The molecule has 2 fully saturated rings. The highest BCUT2D eigenvalue weighted by Crippen LogP contribution is 2.41. The minimum atomic E-state index is -0.625. The SMILES string of the molecule is CC1(C)CN(c2nccnc2N2CCCC2)CC[C@]1(C)O. The predicted octanol–water partition coefficient (Wildman–Crippen LogP) is 2.06. The molecule has 3 rings (SSSR count). The Labute approximate surface area is 127 Å². The van der Waals surface area contributed by atoms with Crippen molar-refractivity contribution >= 4 is 11.6 Å². The van der Waals surface area contributed by atoms with Crippen LogP contribution in [-0.2, 0) is 0 Å². The highest BCUT2D eigenvalue weighted by Gasteiger charge is 2.44. The standard InChI is InChI=1S/C16H26N4O/c1-15(2)12-20(11-6-16(15,3)21)14-13(17-7-8-18-14)19-9-4-5-10-19/h7-8,21H,4-6,9-12H2,1-3H3/t16-/m0/s1. The molecule has 0 saturated carbocycles. The van der Waals surface area contributed by atoms with E-state index in [1.807, 2.05) is 6.92 Å². The van der Waals surface area contributed by atoms with Crippen LogP contribution in [0.1, 0.15) is 40.0 Å². The average molecular weight is 290 g/mol. The lowest BCUT2D eigenvalue weighted by Crippen LogP contribution is -2.56. The smallest absolute Gasteiger partial charge is 0.172 e. The van der Waals surface area contributed by atoms with E-state index in [2.05, 4.69) is 33.6 Å². The van der Waals surface area contributed by atoms with E-state index in [1.165, 1.54) is 12.8 Å². The fraction of sp³-hybridized carbons (Fsp3) is 0.750. The van der Waals surface area contributed by atoms with Crippen molar-refractivity contribution in [2.45, 2.75) is 45.6 Å². The van der Waals surface area contributed by atoms with Crippen molar-refractivity contribution in [2.24, 2.45) is 5.41 Å². The van der Waals surface area contributed by atoms with E-state index >= 15 is 0 Å². The Kier molecular flexibility index (Phi) is 3.56. The summed E-state index contributed by atoms with van der Waals surface area (Å²) in [6, 6.07) is 0. The van der Waals surface area contributed by atoms with Gasteiger partial charge in [0.25, 0.3) is 0 Å². The van der Waals surface area contributed by atoms with Crippen LogP contribution in [0.4, 0.5) is 11.6 Å². The highest BCUT2D eigenvalue weighted by molar-refractivity contribution is 5.63. The van der Waals surface area contributed by atoms with E-state index in [0.29, 0.717) is 0 Å². The van der Waals surface area contributed by atoms with Crippen LogP contribution in [0.5, 0.6) is 0 Å². The van der Waals surface area contributed by atoms with Crippen LogP contribution in [0.15, 0.2) is 12.4 Å². The molecule has 5 heteroatoms. The van der Waals surface area contributed by atoms with Crippen LogP contribution in [0.25, 0.3) is 0 Å². The quantitative estimate of drug-likeness (QED) is 0.903. The molecule has 1 aromatic heterocycles. The van der Waals surface area contributed by atoms with E-state index in [0.717, 1.165) is 44.2 Å². The molecule has 1 N–H and O–H groups in total. The van der Waals surface area contributed by atoms with Crippen LogP contribution >= 0.6 is 0 Å². The number of rotatable bonds is 2. The lowest BCUT2D eigenvalue weighted by molar-refractivity contribution is -0.0650. The topological polar surface area (TPSA) is 52.5 Å². The minimum Gasteiger partial charge on any atom is -0.389 e. The van der Waals surface area contributed by atoms with Gasteiger partial charge in [-0.2, -0.15) is 0 Å². The first-order chi connectivity index (χ1) is 9.91. The fourth-order valence-electron chi connectivity index (χ4n) is 3.30. The molecule has 5 nitrogen and oxygen atoms in total. The zero-order chi connectivity index (χ0) is 15.1. The highest BCUT2D eigenvalue weighted by atomic mass is 16.3. The third-order valence-corrected chi connectivity index (χ3v) is 5.28.